The fourth-order valence-corrected chi connectivity index (χ4v) is 2.19. The molecule has 4 nitrogen and oxygen atoms in total. The highest BCUT2D eigenvalue weighted by molar-refractivity contribution is 5.82. The van der Waals surface area contributed by atoms with Gasteiger partial charge in [-0.25, -0.2) is 0 Å². The summed E-state index contributed by atoms with van der Waals surface area (Å²) in [4.78, 5) is 4.39. The van der Waals surface area contributed by atoms with Crippen molar-refractivity contribution in [3.05, 3.63) is 0 Å². The van der Waals surface area contributed by atoms with Gasteiger partial charge in [-0.2, -0.15) is 0 Å². The summed E-state index contributed by atoms with van der Waals surface area (Å²) >= 11 is 0. The molecule has 4 heteroatoms. The van der Waals surface area contributed by atoms with Crippen LogP contribution in [0.1, 0.15) is 26.2 Å². The normalized spacial score (nSPS) is 36.7. The maximum Gasteiger partial charge on any atom is 0.191 e. The lowest BCUT2D eigenvalue weighted by atomic mass is 10.2. The number of nitrogens with one attached hydrogen (secondary N) is 2. The van der Waals surface area contributed by atoms with Gasteiger partial charge in [-0.3, -0.25) is 4.99 Å². The molecule has 0 amide bonds. The molecule has 3 atom stereocenters. The van der Waals surface area contributed by atoms with Crippen LogP contribution >= 0.6 is 0 Å². The Balaban J connectivity index is 1.85. The van der Waals surface area contributed by atoms with E-state index in [0.717, 1.165) is 18.9 Å². The van der Waals surface area contributed by atoms with Crippen molar-refractivity contribution in [2.75, 3.05) is 13.7 Å². The van der Waals surface area contributed by atoms with Gasteiger partial charge in [0.25, 0.3) is 0 Å². The van der Waals surface area contributed by atoms with Gasteiger partial charge in [0.15, 0.2) is 5.96 Å². The van der Waals surface area contributed by atoms with Crippen LogP contribution < -0.4 is 10.6 Å². The molecule has 2 rings (SSSR count). The van der Waals surface area contributed by atoms with Gasteiger partial charge < -0.3 is 15.4 Å². The molecule has 0 aromatic rings. The fraction of sp³-hybridized carbons (Fsp3) is 0.900. The number of methoxy groups -OCH3 is 1. The Bertz CT molecular complexity index is 229. The fourth-order valence-electron chi connectivity index (χ4n) is 2.19. The first-order valence-corrected chi connectivity index (χ1v) is 5.40. The molecule has 0 saturated heterocycles. The lowest BCUT2D eigenvalue weighted by molar-refractivity contribution is 0.0905. The summed E-state index contributed by atoms with van der Waals surface area (Å²) in [6, 6.07) is 0.913. The molecule has 1 heterocycles. The van der Waals surface area contributed by atoms with Crippen LogP contribution in [-0.4, -0.2) is 37.8 Å². The highest BCUT2D eigenvalue weighted by Gasteiger charge is 2.28. The molecule has 0 spiro atoms. The molecular weight excluding hydrogens is 178 g/mol. The number of aliphatic imine (C=N–C) groups is 1. The Kier molecular flexibility index (Phi) is 2.91. The zero-order valence-electron chi connectivity index (χ0n) is 8.92. The summed E-state index contributed by atoms with van der Waals surface area (Å²) in [6.07, 6.45) is 3.96. The van der Waals surface area contributed by atoms with E-state index in [1.165, 1.54) is 12.8 Å². The maximum atomic E-state index is 5.42. The van der Waals surface area contributed by atoms with E-state index < -0.39 is 0 Å². The maximum absolute atomic E-state index is 5.42. The van der Waals surface area contributed by atoms with Crippen LogP contribution in [0.5, 0.6) is 0 Å². The van der Waals surface area contributed by atoms with E-state index in [-0.39, 0.29) is 0 Å². The van der Waals surface area contributed by atoms with E-state index in [9.17, 15) is 0 Å². The minimum absolute atomic E-state index is 0.357. The van der Waals surface area contributed by atoms with Crippen molar-refractivity contribution in [2.24, 2.45) is 4.99 Å². The Labute approximate surface area is 85.1 Å². The second-order valence-corrected chi connectivity index (χ2v) is 4.19. The van der Waals surface area contributed by atoms with Gasteiger partial charge in [0.05, 0.1) is 18.7 Å². The van der Waals surface area contributed by atoms with Gasteiger partial charge in [-0.1, -0.05) is 0 Å². The highest BCUT2D eigenvalue weighted by Crippen LogP contribution is 2.21. The highest BCUT2D eigenvalue weighted by atomic mass is 16.5. The second kappa shape index (κ2) is 4.17. The number of guanidine groups is 1. The first-order valence-electron chi connectivity index (χ1n) is 5.40. The minimum atomic E-state index is 0.357. The summed E-state index contributed by atoms with van der Waals surface area (Å²) in [5.74, 6) is 0.950. The molecule has 80 valence electrons. The van der Waals surface area contributed by atoms with Crippen molar-refractivity contribution in [3.63, 3.8) is 0 Å². The molecule has 0 aromatic heterocycles. The summed E-state index contributed by atoms with van der Waals surface area (Å²) in [5.41, 5.74) is 0. The third-order valence-corrected chi connectivity index (χ3v) is 2.98. The average Bonchev–Trinajstić information content (AvgIpc) is 2.76. The van der Waals surface area contributed by atoms with Gasteiger partial charge >= 0.3 is 0 Å². The standard InChI is InChI=1S/C10H19N3O/c1-7-6-11-10(12-7)13-8-4-3-5-9(8)14-2/h7-9H,3-6H2,1-2H3,(H2,11,12,13). The van der Waals surface area contributed by atoms with E-state index >= 15 is 0 Å². The Morgan fingerprint density at radius 3 is 3.00 bits per heavy atom. The van der Waals surface area contributed by atoms with Gasteiger partial charge in [-0.05, 0) is 26.2 Å². The number of rotatable bonds is 2. The predicted molar refractivity (Wildman–Crippen MR) is 56.5 cm³/mol. The zero-order valence-corrected chi connectivity index (χ0v) is 8.92. The van der Waals surface area contributed by atoms with Crippen LogP contribution in [0, 0.1) is 0 Å². The van der Waals surface area contributed by atoms with Crippen molar-refractivity contribution in [2.45, 2.75) is 44.4 Å². The molecule has 2 N–H and O–H groups in total. The van der Waals surface area contributed by atoms with Gasteiger partial charge in [-0.15, -0.1) is 0 Å². The van der Waals surface area contributed by atoms with E-state index in [1.54, 1.807) is 7.11 Å². The largest absolute Gasteiger partial charge is 0.379 e. The molecule has 2 aliphatic rings. The molecular formula is C10H19N3O. The summed E-state index contributed by atoms with van der Waals surface area (Å²) in [7, 11) is 1.79. The number of nitrogens with zero attached hydrogens (tertiary/aromatic N) is 1. The van der Waals surface area contributed by atoms with E-state index in [1.807, 2.05) is 0 Å². The molecule has 1 fully saturated rings. The molecule has 1 saturated carbocycles. The first-order chi connectivity index (χ1) is 6.79. The minimum Gasteiger partial charge on any atom is -0.379 e. The number of ether oxygens (including phenoxy) is 1. The smallest absolute Gasteiger partial charge is 0.191 e. The Morgan fingerprint density at radius 1 is 1.50 bits per heavy atom. The van der Waals surface area contributed by atoms with Gasteiger partial charge in [0.1, 0.15) is 0 Å². The lowest BCUT2D eigenvalue weighted by Crippen LogP contribution is -2.46. The first kappa shape index (κ1) is 9.77. The van der Waals surface area contributed by atoms with Crippen molar-refractivity contribution in [1.29, 1.82) is 0 Å². The molecule has 0 aromatic carbocycles. The Hall–Kier alpha value is -0.770. The van der Waals surface area contributed by atoms with E-state index in [4.69, 9.17) is 4.74 Å². The van der Waals surface area contributed by atoms with Crippen molar-refractivity contribution in [1.82, 2.24) is 10.6 Å². The van der Waals surface area contributed by atoms with Crippen LogP contribution in [0.15, 0.2) is 4.99 Å². The number of hydrogen-bond donors (Lipinski definition) is 2. The van der Waals surface area contributed by atoms with Crippen LogP contribution in [0.4, 0.5) is 0 Å². The third kappa shape index (κ3) is 2.00. The molecule has 14 heavy (non-hydrogen) atoms. The molecule has 3 unspecified atom stereocenters. The Morgan fingerprint density at radius 2 is 2.36 bits per heavy atom. The third-order valence-electron chi connectivity index (χ3n) is 2.98. The van der Waals surface area contributed by atoms with Crippen LogP contribution in [-0.2, 0) is 4.74 Å². The van der Waals surface area contributed by atoms with Gasteiger partial charge in [0, 0.05) is 13.2 Å². The molecule has 0 bridgehead atoms. The van der Waals surface area contributed by atoms with Crippen molar-refractivity contribution >= 4 is 5.96 Å². The number of hydrogen-bond acceptors (Lipinski definition) is 4. The van der Waals surface area contributed by atoms with E-state index in [0.29, 0.717) is 18.2 Å². The molecule has 1 aliphatic carbocycles. The lowest BCUT2D eigenvalue weighted by Gasteiger charge is -2.20. The predicted octanol–water partition coefficient (Wildman–Crippen LogP) is 0.491. The summed E-state index contributed by atoms with van der Waals surface area (Å²) in [6.45, 7) is 3.02. The molecule has 0 radical (unpaired) electrons. The SMILES string of the molecule is COC1CCCC1NC1=NCC(C)N1. The monoisotopic (exact) mass is 197 g/mol. The zero-order chi connectivity index (χ0) is 9.97. The van der Waals surface area contributed by atoms with Crippen LogP contribution in [0.2, 0.25) is 0 Å². The quantitative estimate of drug-likeness (QED) is 0.677. The van der Waals surface area contributed by atoms with E-state index in [2.05, 4.69) is 22.5 Å². The average molecular weight is 197 g/mol. The topological polar surface area (TPSA) is 45.6 Å². The van der Waals surface area contributed by atoms with Gasteiger partial charge in [0.2, 0.25) is 0 Å². The van der Waals surface area contributed by atoms with Crippen LogP contribution in [0.25, 0.3) is 0 Å². The summed E-state index contributed by atoms with van der Waals surface area (Å²) in [5, 5.41) is 6.73. The molecule has 1 aliphatic heterocycles. The second-order valence-electron chi connectivity index (χ2n) is 4.19. The van der Waals surface area contributed by atoms with Crippen LogP contribution in [0.3, 0.4) is 0 Å². The summed E-state index contributed by atoms with van der Waals surface area (Å²) < 4.78 is 5.42. The van der Waals surface area contributed by atoms with Crippen molar-refractivity contribution < 1.29 is 4.74 Å². The van der Waals surface area contributed by atoms with Crippen molar-refractivity contribution in [3.8, 4) is 0 Å².